The number of nitriles is 1. The maximum atomic E-state index is 13.9. The number of amides is 1. The first-order valence-corrected chi connectivity index (χ1v) is 16.7. The quantitative estimate of drug-likeness (QED) is 0.427. The fourth-order valence-electron chi connectivity index (χ4n) is 9.37. The molecule has 5 atom stereocenters. The minimum atomic E-state index is -0.992. The highest BCUT2D eigenvalue weighted by Gasteiger charge is 2.50. The van der Waals surface area contributed by atoms with Crippen LogP contribution in [0, 0.1) is 22.7 Å². The van der Waals surface area contributed by atoms with Crippen molar-refractivity contribution < 1.29 is 13.9 Å². The Morgan fingerprint density at radius 1 is 1.20 bits per heavy atom. The molecule has 0 N–H and O–H groups in total. The minimum Gasteiger partial charge on any atom is -0.463 e. The molecular formula is C35H42FN7O2. The van der Waals surface area contributed by atoms with Gasteiger partial charge in [-0.1, -0.05) is 25.1 Å². The Morgan fingerprint density at radius 3 is 2.93 bits per heavy atom. The smallest absolute Gasteiger partial charge is 0.318 e. The molecule has 9 nitrogen and oxygen atoms in total. The van der Waals surface area contributed by atoms with Crippen molar-refractivity contribution in [1.29, 1.82) is 5.26 Å². The molecule has 45 heavy (non-hydrogen) atoms. The number of anilines is 2. The third-order valence-corrected chi connectivity index (χ3v) is 11.8. The van der Waals surface area contributed by atoms with E-state index in [1.165, 1.54) is 48.3 Å². The molecule has 3 aliphatic carbocycles. The van der Waals surface area contributed by atoms with E-state index in [1.807, 2.05) is 0 Å². The van der Waals surface area contributed by atoms with Crippen molar-refractivity contribution in [3.8, 4) is 12.1 Å². The van der Waals surface area contributed by atoms with Gasteiger partial charge >= 0.3 is 6.01 Å². The van der Waals surface area contributed by atoms with E-state index in [0.29, 0.717) is 50.8 Å². The normalized spacial score (nSPS) is 29.9. The molecule has 2 aromatic rings. The van der Waals surface area contributed by atoms with Crippen LogP contribution in [0.3, 0.4) is 0 Å². The topological polar surface area (TPSA) is 88.8 Å². The van der Waals surface area contributed by atoms with Gasteiger partial charge in [0, 0.05) is 48.9 Å². The molecule has 0 spiro atoms. The van der Waals surface area contributed by atoms with Crippen LogP contribution in [0.5, 0.6) is 6.01 Å². The number of halogens is 1. The second-order valence-corrected chi connectivity index (χ2v) is 14.2. The molecule has 1 aromatic carbocycles. The number of aromatic nitrogens is 2. The largest absolute Gasteiger partial charge is 0.463 e. The van der Waals surface area contributed by atoms with Crippen LogP contribution >= 0.6 is 0 Å². The van der Waals surface area contributed by atoms with Gasteiger partial charge in [-0.25, -0.2) is 4.39 Å². The summed E-state index contributed by atoms with van der Waals surface area (Å²) in [5.41, 5.74) is 6.64. The summed E-state index contributed by atoms with van der Waals surface area (Å²) < 4.78 is 20.5. The van der Waals surface area contributed by atoms with Crippen molar-refractivity contribution in [3.63, 3.8) is 0 Å². The molecule has 2 saturated carbocycles. The summed E-state index contributed by atoms with van der Waals surface area (Å²) in [6, 6.07) is 9.47. The van der Waals surface area contributed by atoms with Crippen molar-refractivity contribution in [1.82, 2.24) is 19.8 Å². The SMILES string of the molecule is C=C(F)C(=O)N1CCN(c2nc(OCC34CCCC3N(C)CC4)nc3c2CCN(c2cccc4c2C2CC2C4)C3)C[C@@H]1CC#N. The van der Waals surface area contributed by atoms with Gasteiger partial charge in [-0.3, -0.25) is 4.79 Å². The average Bonchev–Trinajstić information content (AvgIpc) is 3.36. The van der Waals surface area contributed by atoms with Crippen LogP contribution < -0.4 is 14.5 Å². The van der Waals surface area contributed by atoms with Gasteiger partial charge in [0.15, 0.2) is 5.83 Å². The zero-order valence-corrected chi connectivity index (χ0v) is 26.2. The van der Waals surface area contributed by atoms with Gasteiger partial charge < -0.3 is 24.3 Å². The zero-order chi connectivity index (χ0) is 30.9. The summed E-state index contributed by atoms with van der Waals surface area (Å²) in [4.78, 5) is 31.3. The summed E-state index contributed by atoms with van der Waals surface area (Å²) in [6.45, 7) is 7.65. The molecule has 4 heterocycles. The van der Waals surface area contributed by atoms with Crippen molar-refractivity contribution in [2.24, 2.45) is 11.3 Å². The number of hydrogen-bond acceptors (Lipinski definition) is 8. The van der Waals surface area contributed by atoms with Crippen LogP contribution in [-0.4, -0.2) is 84.1 Å². The molecule has 4 unspecified atom stereocenters. The average molecular weight is 612 g/mol. The lowest BCUT2D eigenvalue weighted by Crippen LogP contribution is -2.55. The number of hydrogen-bond donors (Lipinski definition) is 0. The Morgan fingerprint density at radius 2 is 2.09 bits per heavy atom. The number of carbonyl (C=O) groups excluding carboxylic acids is 1. The molecule has 1 amide bonds. The Labute approximate surface area is 264 Å². The van der Waals surface area contributed by atoms with Gasteiger partial charge in [-0.05, 0) is 81.1 Å². The highest BCUT2D eigenvalue weighted by molar-refractivity contribution is 5.91. The molecule has 2 saturated heterocycles. The van der Waals surface area contributed by atoms with Crippen molar-refractivity contribution in [3.05, 3.63) is 53.0 Å². The fraction of sp³-hybridized carbons (Fsp3) is 0.600. The van der Waals surface area contributed by atoms with E-state index in [4.69, 9.17) is 14.7 Å². The molecule has 10 heteroatoms. The number of piperazine rings is 1. The standard InChI is InChI=1S/C35H42FN7O2/c1-22(36)33(44)43-16-15-42(19-25(43)8-12-37)32-26-9-13-41(29-6-3-5-23-17-24-18-27(24)31(23)29)20-28(26)38-34(39-32)45-21-35-10-4-7-30(35)40(2)14-11-35/h3,5-6,24-25,27,30H,1,4,7-11,13-21H2,2H3/t24?,25-,27?,30?,35?/m0/s1. The highest BCUT2D eigenvalue weighted by atomic mass is 19.1. The molecule has 0 bridgehead atoms. The Hall–Kier alpha value is -3.71. The van der Waals surface area contributed by atoms with E-state index < -0.39 is 17.8 Å². The molecule has 4 fully saturated rings. The van der Waals surface area contributed by atoms with Crippen LogP contribution in [0.2, 0.25) is 0 Å². The number of rotatable bonds is 7. The van der Waals surface area contributed by atoms with Crippen LogP contribution in [0.25, 0.3) is 0 Å². The second kappa shape index (κ2) is 11.0. The van der Waals surface area contributed by atoms with E-state index in [2.05, 4.69) is 52.6 Å². The maximum absolute atomic E-state index is 13.9. The third-order valence-electron chi connectivity index (χ3n) is 11.8. The van der Waals surface area contributed by atoms with Crippen LogP contribution in [0.1, 0.15) is 66.8 Å². The van der Waals surface area contributed by atoms with Gasteiger partial charge in [-0.15, -0.1) is 0 Å². The lowest BCUT2D eigenvalue weighted by atomic mass is 9.83. The van der Waals surface area contributed by atoms with E-state index in [0.717, 1.165) is 48.9 Å². The second-order valence-electron chi connectivity index (χ2n) is 14.2. The number of carbonyl (C=O) groups is 1. The zero-order valence-electron chi connectivity index (χ0n) is 26.2. The fourth-order valence-corrected chi connectivity index (χ4v) is 9.37. The number of likely N-dealkylation sites (tertiary alicyclic amines) is 1. The number of nitrogens with zero attached hydrogens (tertiary/aromatic N) is 7. The molecule has 0 radical (unpaired) electrons. The number of fused-ring (bicyclic) bond motifs is 5. The Kier molecular flexibility index (Phi) is 7.01. The third kappa shape index (κ3) is 4.86. The lowest BCUT2D eigenvalue weighted by Gasteiger charge is -2.42. The summed E-state index contributed by atoms with van der Waals surface area (Å²) in [7, 11) is 2.23. The van der Waals surface area contributed by atoms with Gasteiger partial charge in [0.2, 0.25) is 0 Å². The molecule has 6 aliphatic rings. The molecule has 236 valence electrons. The summed E-state index contributed by atoms with van der Waals surface area (Å²) in [5.74, 6) is 0.626. The first-order chi connectivity index (χ1) is 21.8. The van der Waals surface area contributed by atoms with Gasteiger partial charge in [0.1, 0.15) is 5.82 Å². The van der Waals surface area contributed by atoms with E-state index in [9.17, 15) is 14.4 Å². The van der Waals surface area contributed by atoms with Gasteiger partial charge in [-0.2, -0.15) is 15.2 Å². The summed E-state index contributed by atoms with van der Waals surface area (Å²) in [6.07, 6.45) is 8.15. The van der Waals surface area contributed by atoms with Gasteiger partial charge in [0.05, 0.1) is 37.4 Å². The molecule has 1 aromatic heterocycles. The summed E-state index contributed by atoms with van der Waals surface area (Å²) >= 11 is 0. The monoisotopic (exact) mass is 611 g/mol. The molecular weight excluding hydrogens is 569 g/mol. The van der Waals surface area contributed by atoms with Crippen molar-refractivity contribution >= 4 is 17.4 Å². The Balaban J connectivity index is 1.11. The number of benzene rings is 1. The minimum absolute atomic E-state index is 0.110. The maximum Gasteiger partial charge on any atom is 0.318 e. The summed E-state index contributed by atoms with van der Waals surface area (Å²) in [5, 5.41) is 9.56. The van der Waals surface area contributed by atoms with E-state index >= 15 is 0 Å². The van der Waals surface area contributed by atoms with E-state index in [1.54, 1.807) is 5.56 Å². The van der Waals surface area contributed by atoms with Crippen LogP contribution in [0.15, 0.2) is 30.6 Å². The molecule has 3 aliphatic heterocycles. The lowest BCUT2D eigenvalue weighted by molar-refractivity contribution is -0.131. The van der Waals surface area contributed by atoms with E-state index in [-0.39, 0.29) is 11.8 Å². The predicted octanol–water partition coefficient (Wildman–Crippen LogP) is 4.37. The van der Waals surface area contributed by atoms with Crippen LogP contribution in [-0.2, 0) is 24.2 Å². The first-order valence-electron chi connectivity index (χ1n) is 16.7. The number of ether oxygens (including phenoxy) is 1. The predicted molar refractivity (Wildman–Crippen MR) is 169 cm³/mol. The van der Waals surface area contributed by atoms with Gasteiger partial charge in [0.25, 0.3) is 5.91 Å². The molecule has 8 rings (SSSR count). The Bertz CT molecular complexity index is 1590. The first kappa shape index (κ1) is 28.7. The van der Waals surface area contributed by atoms with Crippen molar-refractivity contribution in [2.45, 2.75) is 75.9 Å². The van der Waals surface area contributed by atoms with Crippen molar-refractivity contribution in [2.75, 3.05) is 56.2 Å². The highest BCUT2D eigenvalue weighted by Crippen LogP contribution is 2.59. The van der Waals surface area contributed by atoms with Crippen LogP contribution in [0.4, 0.5) is 15.9 Å².